The SMILES string of the molecule is O=C(C[C@@H]1CNCCO1)NCc1ccc2nsnc2c1. The van der Waals surface area contributed by atoms with Gasteiger partial charge in [-0.3, -0.25) is 4.79 Å². The molecule has 0 bridgehead atoms. The van der Waals surface area contributed by atoms with Crippen LogP contribution in [-0.4, -0.2) is 40.5 Å². The lowest BCUT2D eigenvalue weighted by Crippen LogP contribution is -2.41. The highest BCUT2D eigenvalue weighted by Gasteiger charge is 2.17. The van der Waals surface area contributed by atoms with E-state index in [1.54, 1.807) is 0 Å². The van der Waals surface area contributed by atoms with E-state index in [1.165, 1.54) is 11.7 Å². The van der Waals surface area contributed by atoms with E-state index in [0.717, 1.165) is 29.7 Å². The van der Waals surface area contributed by atoms with Crippen molar-refractivity contribution in [1.82, 2.24) is 19.4 Å². The second-order valence-electron chi connectivity index (χ2n) is 4.77. The molecule has 0 radical (unpaired) electrons. The van der Waals surface area contributed by atoms with Crippen LogP contribution in [0.3, 0.4) is 0 Å². The summed E-state index contributed by atoms with van der Waals surface area (Å²) >= 11 is 1.20. The summed E-state index contributed by atoms with van der Waals surface area (Å²) in [5.74, 6) is 0.00944. The summed E-state index contributed by atoms with van der Waals surface area (Å²) in [6, 6.07) is 5.84. The average molecular weight is 292 g/mol. The minimum absolute atomic E-state index is 0.00944. The summed E-state index contributed by atoms with van der Waals surface area (Å²) in [5, 5.41) is 6.12. The second kappa shape index (κ2) is 6.25. The van der Waals surface area contributed by atoms with Gasteiger partial charge < -0.3 is 15.4 Å². The molecule has 106 valence electrons. The molecule has 2 heterocycles. The zero-order chi connectivity index (χ0) is 13.8. The van der Waals surface area contributed by atoms with Crippen LogP contribution >= 0.6 is 11.7 Å². The minimum atomic E-state index is -0.0195. The number of carbonyl (C=O) groups excluding carboxylic acids is 1. The molecule has 0 spiro atoms. The van der Waals surface area contributed by atoms with Crippen LogP contribution in [0.25, 0.3) is 11.0 Å². The van der Waals surface area contributed by atoms with E-state index >= 15 is 0 Å². The fourth-order valence-corrected chi connectivity index (χ4v) is 2.69. The van der Waals surface area contributed by atoms with Gasteiger partial charge in [0.1, 0.15) is 11.0 Å². The minimum Gasteiger partial charge on any atom is -0.375 e. The quantitative estimate of drug-likeness (QED) is 0.867. The monoisotopic (exact) mass is 292 g/mol. The lowest BCUT2D eigenvalue weighted by molar-refractivity contribution is -0.124. The lowest BCUT2D eigenvalue weighted by atomic mass is 10.2. The van der Waals surface area contributed by atoms with E-state index in [-0.39, 0.29) is 12.0 Å². The van der Waals surface area contributed by atoms with Crippen molar-refractivity contribution in [3.05, 3.63) is 23.8 Å². The van der Waals surface area contributed by atoms with E-state index in [2.05, 4.69) is 19.4 Å². The molecule has 1 atom stereocenters. The molecule has 3 rings (SSSR count). The van der Waals surface area contributed by atoms with Gasteiger partial charge in [0.2, 0.25) is 5.91 Å². The average Bonchev–Trinajstić information content (AvgIpc) is 2.93. The van der Waals surface area contributed by atoms with Crippen LogP contribution in [0.15, 0.2) is 18.2 Å². The third kappa shape index (κ3) is 3.30. The van der Waals surface area contributed by atoms with Crippen molar-refractivity contribution in [3.8, 4) is 0 Å². The van der Waals surface area contributed by atoms with E-state index in [4.69, 9.17) is 4.74 Å². The number of nitrogens with one attached hydrogen (secondary N) is 2. The molecule has 2 aromatic rings. The molecule has 1 amide bonds. The molecule has 0 unspecified atom stereocenters. The Hall–Kier alpha value is -1.57. The van der Waals surface area contributed by atoms with Crippen LogP contribution in [-0.2, 0) is 16.1 Å². The molecule has 1 aromatic heterocycles. The van der Waals surface area contributed by atoms with Gasteiger partial charge in [0.15, 0.2) is 0 Å². The first-order valence-corrected chi connectivity index (χ1v) is 7.34. The van der Waals surface area contributed by atoms with Gasteiger partial charge >= 0.3 is 0 Å². The van der Waals surface area contributed by atoms with Crippen molar-refractivity contribution >= 4 is 28.7 Å². The van der Waals surface area contributed by atoms with Crippen LogP contribution in [0.1, 0.15) is 12.0 Å². The fourth-order valence-electron chi connectivity index (χ4n) is 2.17. The summed E-state index contributed by atoms with van der Waals surface area (Å²) in [5.41, 5.74) is 2.80. The highest BCUT2D eigenvalue weighted by atomic mass is 32.1. The van der Waals surface area contributed by atoms with Crippen LogP contribution < -0.4 is 10.6 Å². The largest absolute Gasteiger partial charge is 0.375 e. The maximum absolute atomic E-state index is 11.9. The molecule has 1 fully saturated rings. The van der Waals surface area contributed by atoms with E-state index < -0.39 is 0 Å². The number of nitrogens with zero attached hydrogens (tertiary/aromatic N) is 2. The summed E-state index contributed by atoms with van der Waals surface area (Å²) in [6.45, 7) is 2.78. The van der Waals surface area contributed by atoms with Crippen molar-refractivity contribution < 1.29 is 9.53 Å². The first kappa shape index (κ1) is 13.4. The molecular formula is C13H16N4O2S. The molecule has 1 aliphatic rings. The number of amides is 1. The van der Waals surface area contributed by atoms with Crippen LogP contribution in [0.5, 0.6) is 0 Å². The van der Waals surface area contributed by atoms with E-state index in [1.807, 2.05) is 18.2 Å². The van der Waals surface area contributed by atoms with Crippen LogP contribution in [0, 0.1) is 0 Å². The van der Waals surface area contributed by atoms with Gasteiger partial charge in [-0.2, -0.15) is 8.75 Å². The number of benzene rings is 1. The van der Waals surface area contributed by atoms with Crippen molar-refractivity contribution in [2.45, 2.75) is 19.1 Å². The Morgan fingerprint density at radius 2 is 2.35 bits per heavy atom. The van der Waals surface area contributed by atoms with Gasteiger partial charge in [-0.15, -0.1) is 0 Å². The fraction of sp³-hybridized carbons (Fsp3) is 0.462. The Morgan fingerprint density at radius 1 is 1.45 bits per heavy atom. The topological polar surface area (TPSA) is 76.1 Å². The summed E-state index contributed by atoms with van der Waals surface area (Å²) in [7, 11) is 0. The lowest BCUT2D eigenvalue weighted by Gasteiger charge is -2.23. The molecule has 1 aliphatic heterocycles. The highest BCUT2D eigenvalue weighted by Crippen LogP contribution is 2.13. The van der Waals surface area contributed by atoms with Gasteiger partial charge in [-0.25, -0.2) is 0 Å². The number of carbonyl (C=O) groups is 1. The van der Waals surface area contributed by atoms with Gasteiger partial charge in [-0.1, -0.05) is 6.07 Å². The number of morpholine rings is 1. The molecule has 0 aliphatic carbocycles. The maximum atomic E-state index is 11.9. The van der Waals surface area contributed by atoms with Crippen LogP contribution in [0.2, 0.25) is 0 Å². The number of hydrogen-bond donors (Lipinski definition) is 2. The molecule has 20 heavy (non-hydrogen) atoms. The smallest absolute Gasteiger partial charge is 0.222 e. The Balaban J connectivity index is 1.51. The van der Waals surface area contributed by atoms with Gasteiger partial charge in [0, 0.05) is 19.6 Å². The molecule has 6 nitrogen and oxygen atoms in total. The number of fused-ring (bicyclic) bond motifs is 1. The van der Waals surface area contributed by atoms with Gasteiger partial charge in [-0.05, 0) is 17.7 Å². The normalized spacial score (nSPS) is 19.1. The number of ether oxygens (including phenoxy) is 1. The summed E-state index contributed by atoms with van der Waals surface area (Å²) in [4.78, 5) is 11.9. The van der Waals surface area contributed by atoms with Crippen molar-refractivity contribution in [1.29, 1.82) is 0 Å². The first-order valence-electron chi connectivity index (χ1n) is 6.61. The molecule has 2 N–H and O–H groups in total. The van der Waals surface area contributed by atoms with Crippen molar-refractivity contribution in [2.75, 3.05) is 19.7 Å². The molecule has 1 saturated heterocycles. The van der Waals surface area contributed by atoms with Gasteiger partial charge in [0.05, 0.1) is 30.9 Å². The summed E-state index contributed by atoms with van der Waals surface area (Å²) in [6.07, 6.45) is 0.377. The first-order chi connectivity index (χ1) is 9.81. The van der Waals surface area contributed by atoms with E-state index in [0.29, 0.717) is 19.6 Å². The number of hydrogen-bond acceptors (Lipinski definition) is 6. The molecular weight excluding hydrogens is 276 g/mol. The molecule has 0 saturated carbocycles. The predicted molar refractivity (Wildman–Crippen MR) is 76.5 cm³/mol. The van der Waals surface area contributed by atoms with Crippen LogP contribution in [0.4, 0.5) is 0 Å². The Kier molecular flexibility index (Phi) is 4.19. The molecule has 1 aromatic carbocycles. The zero-order valence-electron chi connectivity index (χ0n) is 11.0. The van der Waals surface area contributed by atoms with Gasteiger partial charge in [0.25, 0.3) is 0 Å². The standard InChI is InChI=1S/C13H16N4O2S/c18-13(6-10-8-14-3-4-19-10)15-7-9-1-2-11-12(5-9)17-20-16-11/h1-2,5,10,14H,3-4,6-8H2,(H,15,18)/t10-/m1/s1. The van der Waals surface area contributed by atoms with E-state index in [9.17, 15) is 4.79 Å². The zero-order valence-corrected chi connectivity index (χ0v) is 11.8. The maximum Gasteiger partial charge on any atom is 0.222 e. The Bertz CT molecular complexity index is 595. The predicted octanol–water partition coefficient (Wildman–Crippen LogP) is 0.686. The van der Waals surface area contributed by atoms with Crippen molar-refractivity contribution in [2.24, 2.45) is 0 Å². The highest BCUT2D eigenvalue weighted by molar-refractivity contribution is 7.00. The Morgan fingerprint density at radius 3 is 3.20 bits per heavy atom. The summed E-state index contributed by atoms with van der Waals surface area (Å²) < 4.78 is 13.8. The third-order valence-corrected chi connectivity index (χ3v) is 3.78. The second-order valence-corrected chi connectivity index (χ2v) is 5.29. The number of aromatic nitrogens is 2. The Labute approximate surface area is 120 Å². The van der Waals surface area contributed by atoms with Crippen molar-refractivity contribution in [3.63, 3.8) is 0 Å². The molecule has 7 heteroatoms. The number of rotatable bonds is 4. The third-order valence-electron chi connectivity index (χ3n) is 3.23.